The van der Waals surface area contributed by atoms with E-state index in [-0.39, 0.29) is 12.6 Å². The van der Waals surface area contributed by atoms with E-state index in [0.29, 0.717) is 0 Å². The van der Waals surface area contributed by atoms with Gasteiger partial charge in [0, 0.05) is 0 Å². The third kappa shape index (κ3) is 7.48. The molecule has 1 N–H and O–H groups in total. The number of hydrogen-bond acceptors (Lipinski definition) is 2. The van der Waals surface area contributed by atoms with Gasteiger partial charge in [-0.1, -0.05) is 25.7 Å². The Bertz CT molecular complexity index is 196. The molecule has 3 heteroatoms. The Morgan fingerprint density at radius 2 is 2.29 bits per heavy atom. The zero-order chi connectivity index (χ0) is 10.8. The summed E-state index contributed by atoms with van der Waals surface area (Å²) >= 11 is 0. The van der Waals surface area contributed by atoms with Crippen molar-refractivity contribution in [3.8, 4) is 12.3 Å². The van der Waals surface area contributed by atoms with E-state index < -0.39 is 6.09 Å². The number of carbonyl (C=O) groups excluding carboxylic acids is 1. The fourth-order valence-electron chi connectivity index (χ4n) is 1.09. The summed E-state index contributed by atoms with van der Waals surface area (Å²) in [6.45, 7) is 4.26. The lowest BCUT2D eigenvalue weighted by atomic mass is 10.1. The molecule has 0 fully saturated rings. The first kappa shape index (κ1) is 12.8. The molecule has 0 aromatic rings. The highest BCUT2D eigenvalue weighted by molar-refractivity contribution is 5.67. The normalized spacial score (nSPS) is 11.5. The molecule has 0 heterocycles. The van der Waals surface area contributed by atoms with E-state index in [1.54, 1.807) is 0 Å². The second-order valence-corrected chi connectivity index (χ2v) is 3.27. The van der Waals surface area contributed by atoms with Crippen LogP contribution in [-0.2, 0) is 4.74 Å². The molecule has 0 aromatic heterocycles. The van der Waals surface area contributed by atoms with Crippen LogP contribution in [-0.4, -0.2) is 18.7 Å². The summed E-state index contributed by atoms with van der Waals surface area (Å²) in [7, 11) is 0. The molecule has 0 aromatic carbocycles. The highest BCUT2D eigenvalue weighted by Crippen LogP contribution is 2.05. The summed E-state index contributed by atoms with van der Waals surface area (Å²) in [5.74, 6) is 2.31. The molecular formula is C11H19NO2. The van der Waals surface area contributed by atoms with Crippen molar-refractivity contribution in [1.82, 2.24) is 5.32 Å². The van der Waals surface area contributed by atoms with Crippen LogP contribution in [0, 0.1) is 12.3 Å². The van der Waals surface area contributed by atoms with E-state index in [2.05, 4.69) is 18.2 Å². The average Bonchev–Trinajstić information content (AvgIpc) is 2.15. The molecule has 0 aliphatic rings. The van der Waals surface area contributed by atoms with Gasteiger partial charge in [0.15, 0.2) is 0 Å². The SMILES string of the molecule is C#CCNC(=O)O[C@H](C)CCCCC. The Labute approximate surface area is 86.2 Å². The average molecular weight is 197 g/mol. The predicted molar refractivity (Wildman–Crippen MR) is 56.9 cm³/mol. The number of nitrogens with one attached hydrogen (secondary N) is 1. The van der Waals surface area contributed by atoms with E-state index in [0.717, 1.165) is 12.8 Å². The van der Waals surface area contributed by atoms with Crippen molar-refractivity contribution >= 4 is 6.09 Å². The molecule has 0 unspecified atom stereocenters. The number of carbonyl (C=O) groups is 1. The number of rotatable bonds is 6. The second kappa shape index (κ2) is 8.43. The van der Waals surface area contributed by atoms with Crippen molar-refractivity contribution in [1.29, 1.82) is 0 Å². The molecule has 14 heavy (non-hydrogen) atoms. The van der Waals surface area contributed by atoms with Crippen LogP contribution in [0.15, 0.2) is 0 Å². The van der Waals surface area contributed by atoms with E-state index in [4.69, 9.17) is 11.2 Å². The van der Waals surface area contributed by atoms with Gasteiger partial charge in [-0.3, -0.25) is 0 Å². The Hall–Kier alpha value is -1.17. The number of unbranched alkanes of at least 4 members (excludes halogenated alkanes) is 2. The maximum absolute atomic E-state index is 11.0. The summed E-state index contributed by atoms with van der Waals surface area (Å²) in [5, 5.41) is 2.46. The largest absolute Gasteiger partial charge is 0.447 e. The van der Waals surface area contributed by atoms with E-state index >= 15 is 0 Å². The first-order chi connectivity index (χ1) is 6.70. The van der Waals surface area contributed by atoms with Gasteiger partial charge in [0.1, 0.15) is 6.10 Å². The van der Waals surface area contributed by atoms with Gasteiger partial charge in [-0.25, -0.2) is 4.79 Å². The first-order valence-electron chi connectivity index (χ1n) is 5.08. The first-order valence-corrected chi connectivity index (χ1v) is 5.08. The van der Waals surface area contributed by atoms with Crippen LogP contribution in [0.4, 0.5) is 4.79 Å². The molecule has 0 rings (SSSR count). The maximum Gasteiger partial charge on any atom is 0.408 e. The summed E-state index contributed by atoms with van der Waals surface area (Å²) in [5.41, 5.74) is 0. The molecule has 1 amide bonds. The minimum absolute atomic E-state index is 0.0284. The summed E-state index contributed by atoms with van der Waals surface area (Å²) in [6, 6.07) is 0. The summed E-state index contributed by atoms with van der Waals surface area (Å²) in [4.78, 5) is 11.0. The number of hydrogen-bond donors (Lipinski definition) is 1. The van der Waals surface area contributed by atoms with Gasteiger partial charge >= 0.3 is 6.09 Å². The maximum atomic E-state index is 11.0. The van der Waals surface area contributed by atoms with E-state index in [9.17, 15) is 4.79 Å². The van der Waals surface area contributed by atoms with Gasteiger partial charge in [-0.2, -0.15) is 0 Å². The Balaban J connectivity index is 3.46. The minimum atomic E-state index is -0.424. The van der Waals surface area contributed by atoms with Crippen molar-refractivity contribution in [2.24, 2.45) is 0 Å². The molecule has 0 saturated carbocycles. The molecule has 0 radical (unpaired) electrons. The number of terminal acetylenes is 1. The lowest BCUT2D eigenvalue weighted by Gasteiger charge is -2.12. The molecule has 3 nitrogen and oxygen atoms in total. The van der Waals surface area contributed by atoms with Gasteiger partial charge in [-0.05, 0) is 19.8 Å². The highest BCUT2D eigenvalue weighted by Gasteiger charge is 2.07. The van der Waals surface area contributed by atoms with Crippen LogP contribution < -0.4 is 5.32 Å². The van der Waals surface area contributed by atoms with Crippen molar-refractivity contribution < 1.29 is 9.53 Å². The zero-order valence-electron chi connectivity index (χ0n) is 9.01. The van der Waals surface area contributed by atoms with Crippen LogP contribution in [0.2, 0.25) is 0 Å². The van der Waals surface area contributed by atoms with E-state index in [1.165, 1.54) is 12.8 Å². The van der Waals surface area contributed by atoms with Crippen LogP contribution in [0.3, 0.4) is 0 Å². The van der Waals surface area contributed by atoms with Crippen molar-refractivity contribution in [2.45, 2.75) is 45.6 Å². The molecular weight excluding hydrogens is 178 g/mol. The summed E-state index contributed by atoms with van der Waals surface area (Å²) in [6.07, 6.45) is 8.90. The van der Waals surface area contributed by atoms with Crippen molar-refractivity contribution in [3.63, 3.8) is 0 Å². The van der Waals surface area contributed by atoms with Crippen molar-refractivity contribution in [2.75, 3.05) is 6.54 Å². The minimum Gasteiger partial charge on any atom is -0.447 e. The molecule has 0 aliphatic carbocycles. The third-order valence-corrected chi connectivity index (χ3v) is 1.86. The lowest BCUT2D eigenvalue weighted by molar-refractivity contribution is 0.102. The fourth-order valence-corrected chi connectivity index (χ4v) is 1.09. The van der Waals surface area contributed by atoms with Gasteiger partial charge in [0.25, 0.3) is 0 Å². The van der Waals surface area contributed by atoms with Gasteiger partial charge < -0.3 is 10.1 Å². The number of ether oxygens (including phenoxy) is 1. The summed E-state index contributed by atoms with van der Waals surface area (Å²) < 4.78 is 5.05. The topological polar surface area (TPSA) is 38.3 Å². The molecule has 1 atom stereocenters. The second-order valence-electron chi connectivity index (χ2n) is 3.27. The van der Waals surface area contributed by atoms with E-state index in [1.807, 2.05) is 6.92 Å². The quantitative estimate of drug-likeness (QED) is 0.524. The number of alkyl carbamates (subject to hydrolysis) is 1. The monoisotopic (exact) mass is 197 g/mol. The Morgan fingerprint density at radius 3 is 2.86 bits per heavy atom. The molecule has 0 saturated heterocycles. The number of amides is 1. The highest BCUT2D eigenvalue weighted by atomic mass is 16.6. The van der Waals surface area contributed by atoms with Gasteiger partial charge in [0.05, 0.1) is 6.54 Å². The predicted octanol–water partition coefficient (Wildman–Crippen LogP) is 2.31. The van der Waals surface area contributed by atoms with Crippen LogP contribution in [0.5, 0.6) is 0 Å². The van der Waals surface area contributed by atoms with Gasteiger partial charge in [-0.15, -0.1) is 6.42 Å². The smallest absolute Gasteiger partial charge is 0.408 e. The molecule has 0 spiro atoms. The van der Waals surface area contributed by atoms with Crippen LogP contribution in [0.25, 0.3) is 0 Å². The standard InChI is InChI=1S/C11H19NO2/c1-4-6-7-8-10(3)14-11(13)12-9-5-2/h2,10H,4,6-9H2,1,3H3,(H,12,13)/t10-/m1/s1. The lowest BCUT2D eigenvalue weighted by Crippen LogP contribution is -2.28. The van der Waals surface area contributed by atoms with Crippen LogP contribution >= 0.6 is 0 Å². The van der Waals surface area contributed by atoms with Crippen molar-refractivity contribution in [3.05, 3.63) is 0 Å². The van der Waals surface area contributed by atoms with Gasteiger partial charge in [0.2, 0.25) is 0 Å². The van der Waals surface area contributed by atoms with Crippen LogP contribution in [0.1, 0.15) is 39.5 Å². The fraction of sp³-hybridized carbons (Fsp3) is 0.727. The molecule has 0 bridgehead atoms. The Morgan fingerprint density at radius 1 is 1.57 bits per heavy atom. The zero-order valence-corrected chi connectivity index (χ0v) is 9.01. The molecule has 0 aliphatic heterocycles. The Kier molecular flexibility index (Phi) is 7.72. The third-order valence-electron chi connectivity index (χ3n) is 1.86. The molecule has 80 valence electrons.